The quantitative estimate of drug-likeness (QED) is 0.339. The molecule has 11 heteroatoms. The molecule has 36 heavy (non-hydrogen) atoms. The number of ether oxygens (including phenoxy) is 1. The van der Waals surface area contributed by atoms with Gasteiger partial charge in [-0.3, -0.25) is 4.79 Å². The number of aliphatic hydroxyl groups excluding tert-OH is 2. The van der Waals surface area contributed by atoms with E-state index in [-0.39, 0.29) is 13.2 Å². The van der Waals surface area contributed by atoms with Crippen molar-refractivity contribution in [3.05, 3.63) is 35.0 Å². The van der Waals surface area contributed by atoms with Crippen LogP contribution in [-0.2, 0) is 11.2 Å². The first kappa shape index (κ1) is 27.0. The highest BCUT2D eigenvalue weighted by Crippen LogP contribution is 2.31. The van der Waals surface area contributed by atoms with Crippen LogP contribution in [0.2, 0.25) is 0 Å². The van der Waals surface area contributed by atoms with Crippen molar-refractivity contribution in [1.29, 1.82) is 0 Å². The van der Waals surface area contributed by atoms with E-state index in [1.807, 2.05) is 39.0 Å². The minimum atomic E-state index is -0.915. The summed E-state index contributed by atoms with van der Waals surface area (Å²) in [5, 5.41) is 25.4. The van der Waals surface area contributed by atoms with E-state index in [9.17, 15) is 9.90 Å². The number of amides is 1. The Balaban J connectivity index is 1.81. The number of carbonyl (C=O) groups excluding carboxylic acids is 1. The number of anilines is 1. The van der Waals surface area contributed by atoms with Crippen molar-refractivity contribution in [2.75, 3.05) is 37.7 Å². The smallest absolute Gasteiger partial charge is 0.277 e. The van der Waals surface area contributed by atoms with Crippen LogP contribution >= 0.6 is 0 Å². The van der Waals surface area contributed by atoms with Crippen LogP contribution in [-0.4, -0.2) is 75.2 Å². The zero-order valence-electron chi connectivity index (χ0n) is 21.4. The van der Waals surface area contributed by atoms with Crippen molar-refractivity contribution in [1.82, 2.24) is 25.4 Å². The minimum absolute atomic E-state index is 0.00676. The summed E-state index contributed by atoms with van der Waals surface area (Å²) in [6.07, 6.45) is -0.230. The first-order valence-corrected chi connectivity index (χ1v) is 12.1. The van der Waals surface area contributed by atoms with Gasteiger partial charge >= 0.3 is 0 Å². The summed E-state index contributed by atoms with van der Waals surface area (Å²) < 4.78 is 11.4. The summed E-state index contributed by atoms with van der Waals surface area (Å²) in [6, 6.07) is 5.65. The van der Waals surface area contributed by atoms with Gasteiger partial charge in [0.2, 0.25) is 17.7 Å². The van der Waals surface area contributed by atoms with Crippen molar-refractivity contribution < 1.29 is 24.3 Å². The number of nitrogens with zero attached hydrogens (tertiary/aromatic N) is 5. The van der Waals surface area contributed by atoms with Crippen molar-refractivity contribution in [3.8, 4) is 28.7 Å². The Morgan fingerprint density at radius 2 is 1.89 bits per heavy atom. The molecule has 0 aliphatic rings. The predicted molar refractivity (Wildman–Crippen MR) is 135 cm³/mol. The number of nitrogens with one attached hydrogen (secondary N) is 1. The number of hydrogen-bond acceptors (Lipinski definition) is 10. The monoisotopic (exact) mass is 498 g/mol. The van der Waals surface area contributed by atoms with Gasteiger partial charge in [-0.1, -0.05) is 12.1 Å². The summed E-state index contributed by atoms with van der Waals surface area (Å²) in [5.41, 5.74) is 3.93. The van der Waals surface area contributed by atoms with E-state index < -0.39 is 18.6 Å². The first-order chi connectivity index (χ1) is 17.3. The van der Waals surface area contributed by atoms with Crippen molar-refractivity contribution >= 4 is 11.9 Å². The molecule has 0 saturated heterocycles. The summed E-state index contributed by atoms with van der Waals surface area (Å²) >= 11 is 0. The summed E-state index contributed by atoms with van der Waals surface area (Å²) in [6.45, 7) is 10.9. The average Bonchev–Trinajstić information content (AvgIpc) is 3.37. The van der Waals surface area contributed by atoms with Crippen molar-refractivity contribution in [3.63, 3.8) is 0 Å². The van der Waals surface area contributed by atoms with Gasteiger partial charge in [-0.15, -0.1) is 0 Å². The van der Waals surface area contributed by atoms with Gasteiger partial charge in [0.15, 0.2) is 0 Å². The van der Waals surface area contributed by atoms with Gasteiger partial charge in [-0.05, 0) is 63.4 Å². The van der Waals surface area contributed by atoms with Crippen LogP contribution in [0.1, 0.15) is 37.6 Å². The lowest BCUT2D eigenvalue weighted by Gasteiger charge is -2.18. The standard InChI is InChI=1S/C25H34N6O5/c1-6-17-11-18(9-15(4)22(17)35-14-19(33)12-26-21(34)13-32)23-29-24(36-30-23)20-10-16(5)27-25(28-20)31(7-2)8-3/h9-11,19,32-33H,6-8,12-14H2,1-5H3,(H,26,34). The molecule has 3 aromatic rings. The average molecular weight is 499 g/mol. The lowest BCUT2D eigenvalue weighted by Crippen LogP contribution is -2.36. The number of rotatable bonds is 12. The SMILES string of the molecule is CCc1cc(-c2noc(-c3cc(C)nc(N(CC)CC)n3)n2)cc(C)c1OCC(O)CNC(=O)CO. The second kappa shape index (κ2) is 12.4. The normalized spacial score (nSPS) is 11.9. The Kier molecular flexibility index (Phi) is 9.31. The molecule has 2 heterocycles. The molecule has 2 aromatic heterocycles. The molecule has 0 aliphatic heterocycles. The van der Waals surface area contributed by atoms with Gasteiger partial charge in [0.05, 0.1) is 0 Å². The molecule has 0 aliphatic carbocycles. The lowest BCUT2D eigenvalue weighted by atomic mass is 10.0. The molecule has 1 unspecified atom stereocenters. The van der Waals surface area contributed by atoms with E-state index in [1.54, 1.807) is 0 Å². The number of aryl methyl sites for hydroxylation is 3. The lowest BCUT2D eigenvalue weighted by molar-refractivity contribution is -0.124. The van der Waals surface area contributed by atoms with Crippen LogP contribution in [0.4, 0.5) is 5.95 Å². The number of hydrogen-bond donors (Lipinski definition) is 3. The maximum absolute atomic E-state index is 11.2. The Labute approximate surface area is 210 Å². The molecule has 1 aromatic carbocycles. The van der Waals surface area contributed by atoms with E-state index in [0.29, 0.717) is 35.5 Å². The summed E-state index contributed by atoms with van der Waals surface area (Å²) in [5.74, 6) is 1.48. The Morgan fingerprint density at radius 3 is 2.56 bits per heavy atom. The molecule has 0 bridgehead atoms. The van der Waals surface area contributed by atoms with Gasteiger partial charge in [0, 0.05) is 30.9 Å². The second-order valence-electron chi connectivity index (χ2n) is 8.35. The molecule has 3 rings (SSSR count). The van der Waals surface area contributed by atoms with Crippen molar-refractivity contribution in [2.24, 2.45) is 0 Å². The Morgan fingerprint density at radius 1 is 1.14 bits per heavy atom. The molecular weight excluding hydrogens is 464 g/mol. The highest BCUT2D eigenvalue weighted by atomic mass is 16.5. The third-order valence-electron chi connectivity index (χ3n) is 5.62. The molecule has 0 radical (unpaired) electrons. The fraction of sp³-hybridized carbons (Fsp3) is 0.480. The predicted octanol–water partition coefficient (Wildman–Crippen LogP) is 2.07. The fourth-order valence-corrected chi connectivity index (χ4v) is 3.73. The van der Waals surface area contributed by atoms with E-state index in [2.05, 4.69) is 44.2 Å². The van der Waals surface area contributed by atoms with E-state index in [1.165, 1.54) is 0 Å². The zero-order valence-corrected chi connectivity index (χ0v) is 21.4. The molecule has 1 amide bonds. The molecule has 0 saturated carbocycles. The summed E-state index contributed by atoms with van der Waals surface area (Å²) in [7, 11) is 0. The van der Waals surface area contributed by atoms with E-state index >= 15 is 0 Å². The molecule has 194 valence electrons. The minimum Gasteiger partial charge on any atom is -0.490 e. The van der Waals surface area contributed by atoms with Crippen LogP contribution in [0.25, 0.3) is 23.0 Å². The zero-order chi connectivity index (χ0) is 26.2. The maximum Gasteiger partial charge on any atom is 0.277 e. The number of aromatic nitrogens is 4. The highest BCUT2D eigenvalue weighted by Gasteiger charge is 2.18. The van der Waals surface area contributed by atoms with E-state index in [4.69, 9.17) is 14.4 Å². The molecule has 1 atom stereocenters. The molecule has 3 N–H and O–H groups in total. The fourth-order valence-electron chi connectivity index (χ4n) is 3.73. The van der Waals surface area contributed by atoms with Crippen LogP contribution < -0.4 is 15.0 Å². The van der Waals surface area contributed by atoms with E-state index in [0.717, 1.165) is 35.5 Å². The topological polar surface area (TPSA) is 147 Å². The molecule has 0 fully saturated rings. The van der Waals surface area contributed by atoms with Gasteiger partial charge in [-0.25, -0.2) is 9.97 Å². The summed E-state index contributed by atoms with van der Waals surface area (Å²) in [4.78, 5) is 27.0. The maximum atomic E-state index is 11.2. The largest absolute Gasteiger partial charge is 0.490 e. The van der Waals surface area contributed by atoms with Crippen LogP contribution in [0.5, 0.6) is 5.75 Å². The van der Waals surface area contributed by atoms with Gasteiger partial charge in [0.1, 0.15) is 30.8 Å². The third-order valence-corrected chi connectivity index (χ3v) is 5.62. The second-order valence-corrected chi connectivity index (χ2v) is 8.35. The van der Waals surface area contributed by atoms with Crippen molar-refractivity contribution in [2.45, 2.75) is 47.1 Å². The molecular formula is C25H34N6O5. The molecule has 0 spiro atoms. The Bertz CT molecular complexity index is 1180. The molecule has 11 nitrogen and oxygen atoms in total. The van der Waals surface area contributed by atoms with Crippen LogP contribution in [0, 0.1) is 13.8 Å². The van der Waals surface area contributed by atoms with Gasteiger partial charge < -0.3 is 29.7 Å². The highest BCUT2D eigenvalue weighted by molar-refractivity contribution is 5.76. The van der Waals surface area contributed by atoms with Crippen LogP contribution in [0.3, 0.4) is 0 Å². The van der Waals surface area contributed by atoms with Gasteiger partial charge in [0.25, 0.3) is 5.89 Å². The third kappa shape index (κ3) is 6.55. The number of carbonyl (C=O) groups is 1. The van der Waals surface area contributed by atoms with Gasteiger partial charge in [-0.2, -0.15) is 4.98 Å². The number of aliphatic hydroxyl groups is 2. The Hall–Kier alpha value is -3.57. The first-order valence-electron chi connectivity index (χ1n) is 12.1. The number of benzene rings is 1. The van der Waals surface area contributed by atoms with Crippen LogP contribution in [0.15, 0.2) is 22.7 Å².